The minimum absolute atomic E-state index is 0.0786. The lowest BCUT2D eigenvalue weighted by Crippen LogP contribution is -2.23. The van der Waals surface area contributed by atoms with E-state index in [0.29, 0.717) is 31.8 Å². The van der Waals surface area contributed by atoms with Gasteiger partial charge in [-0.3, -0.25) is 14.5 Å². The normalized spacial score (nSPS) is 11.0. The fraction of sp³-hybridized carbons (Fsp3) is 0.280. The van der Waals surface area contributed by atoms with Crippen LogP contribution in [-0.4, -0.2) is 42.0 Å². The van der Waals surface area contributed by atoms with E-state index in [0.717, 1.165) is 31.6 Å². The molecule has 2 amide bonds. The van der Waals surface area contributed by atoms with Crippen molar-refractivity contribution in [3.63, 3.8) is 0 Å². The van der Waals surface area contributed by atoms with E-state index in [-0.39, 0.29) is 17.6 Å². The lowest BCUT2D eigenvalue weighted by atomic mass is 10.1. The van der Waals surface area contributed by atoms with Gasteiger partial charge in [0.2, 0.25) is 0 Å². The Kier molecular flexibility index (Phi) is 7.66. The number of nitrogens with one attached hydrogen (secondary N) is 2. The molecule has 2 aromatic carbocycles. The molecule has 0 bridgehead atoms. The van der Waals surface area contributed by atoms with Crippen LogP contribution in [0.3, 0.4) is 0 Å². The summed E-state index contributed by atoms with van der Waals surface area (Å²) in [6.07, 6.45) is 2.65. The van der Waals surface area contributed by atoms with Crippen molar-refractivity contribution in [1.82, 2.24) is 10.2 Å². The molecule has 0 fully saturated rings. The highest BCUT2D eigenvalue weighted by Gasteiger charge is 2.22. The number of phenols is 1. The van der Waals surface area contributed by atoms with Crippen LogP contribution in [0.5, 0.6) is 5.75 Å². The molecule has 7 heteroatoms. The number of amides is 2. The quantitative estimate of drug-likeness (QED) is 0.423. The summed E-state index contributed by atoms with van der Waals surface area (Å²) in [4.78, 5) is 27.9. The van der Waals surface area contributed by atoms with Gasteiger partial charge in [0.25, 0.3) is 11.8 Å². The predicted molar refractivity (Wildman–Crippen MR) is 133 cm³/mol. The van der Waals surface area contributed by atoms with Crippen LogP contribution in [0.15, 0.2) is 43.0 Å². The van der Waals surface area contributed by atoms with Crippen LogP contribution >= 0.6 is 11.3 Å². The molecular formula is C25H29N3O3S. The second-order valence-electron chi connectivity index (χ2n) is 7.48. The third kappa shape index (κ3) is 4.84. The number of hydrogen-bond acceptors (Lipinski definition) is 5. The summed E-state index contributed by atoms with van der Waals surface area (Å²) < 4.78 is 0.694. The third-order valence-corrected chi connectivity index (χ3v) is 6.52. The van der Waals surface area contributed by atoms with Crippen LogP contribution in [0.4, 0.5) is 5.00 Å². The van der Waals surface area contributed by atoms with E-state index in [1.165, 1.54) is 17.4 Å². The number of benzene rings is 2. The van der Waals surface area contributed by atoms with Gasteiger partial charge >= 0.3 is 0 Å². The van der Waals surface area contributed by atoms with E-state index in [1.54, 1.807) is 31.3 Å². The first kappa shape index (κ1) is 23.5. The van der Waals surface area contributed by atoms with Crippen LogP contribution in [-0.2, 0) is 6.54 Å². The average Bonchev–Trinajstić information content (AvgIpc) is 3.16. The average molecular weight is 452 g/mol. The van der Waals surface area contributed by atoms with Crippen molar-refractivity contribution >= 4 is 44.3 Å². The van der Waals surface area contributed by atoms with Gasteiger partial charge in [0.05, 0.1) is 5.56 Å². The Balaban J connectivity index is 1.89. The highest BCUT2D eigenvalue weighted by Crippen LogP contribution is 2.41. The van der Waals surface area contributed by atoms with Crippen molar-refractivity contribution < 1.29 is 14.7 Å². The SMILES string of the molecule is C=Cc1c(O)ccc2c(C(=O)NC)c(NC(=O)c3ccc(CN(CC)CCC)cc3)sc12. The van der Waals surface area contributed by atoms with Gasteiger partial charge in [-0.2, -0.15) is 0 Å². The number of phenolic OH excluding ortho intramolecular Hbond substituents is 1. The molecule has 0 saturated carbocycles. The van der Waals surface area contributed by atoms with Crippen LogP contribution in [0.25, 0.3) is 16.2 Å². The van der Waals surface area contributed by atoms with Gasteiger partial charge in [-0.15, -0.1) is 11.3 Å². The molecular weight excluding hydrogens is 422 g/mol. The summed E-state index contributed by atoms with van der Waals surface area (Å²) >= 11 is 1.25. The highest BCUT2D eigenvalue weighted by molar-refractivity contribution is 7.23. The number of rotatable bonds is 9. The number of aromatic hydroxyl groups is 1. The van der Waals surface area contributed by atoms with Crippen LogP contribution in [0, 0.1) is 0 Å². The molecule has 0 aliphatic heterocycles. The molecule has 0 atom stereocenters. The van der Waals surface area contributed by atoms with Gasteiger partial charge in [0, 0.05) is 34.8 Å². The molecule has 0 radical (unpaired) electrons. The lowest BCUT2D eigenvalue weighted by molar-refractivity contribution is 0.0966. The maximum atomic E-state index is 13.0. The number of nitrogens with zero attached hydrogens (tertiary/aromatic N) is 1. The zero-order valence-electron chi connectivity index (χ0n) is 18.7. The summed E-state index contributed by atoms with van der Waals surface area (Å²) in [5, 5.41) is 16.8. The monoisotopic (exact) mass is 451 g/mol. The number of fused-ring (bicyclic) bond motifs is 1. The molecule has 1 aromatic heterocycles. The summed E-state index contributed by atoms with van der Waals surface area (Å²) in [6, 6.07) is 10.7. The number of anilines is 1. The molecule has 3 N–H and O–H groups in total. The molecule has 3 aromatic rings. The van der Waals surface area contributed by atoms with Gasteiger partial charge < -0.3 is 15.7 Å². The second kappa shape index (κ2) is 10.4. The molecule has 3 rings (SSSR count). The van der Waals surface area contributed by atoms with E-state index in [4.69, 9.17) is 0 Å². The topological polar surface area (TPSA) is 81.7 Å². The first-order valence-corrected chi connectivity index (χ1v) is 11.5. The number of carbonyl (C=O) groups excluding carboxylic acids is 2. The fourth-order valence-corrected chi connectivity index (χ4v) is 4.90. The van der Waals surface area contributed by atoms with Crippen LogP contribution in [0.1, 0.15) is 52.1 Å². The van der Waals surface area contributed by atoms with Crippen molar-refractivity contribution in [2.75, 3.05) is 25.5 Å². The third-order valence-electron chi connectivity index (χ3n) is 5.37. The Morgan fingerprint density at radius 3 is 2.44 bits per heavy atom. The smallest absolute Gasteiger partial charge is 0.256 e. The Hall–Kier alpha value is -3.16. The zero-order chi connectivity index (χ0) is 23.3. The van der Waals surface area contributed by atoms with Crippen LogP contribution < -0.4 is 10.6 Å². The number of thiophene rings is 1. The Labute approximate surface area is 192 Å². The molecule has 0 aliphatic rings. The van der Waals surface area contributed by atoms with Crippen molar-refractivity contribution in [3.8, 4) is 5.75 Å². The van der Waals surface area contributed by atoms with E-state index >= 15 is 0 Å². The summed E-state index contributed by atoms with van der Waals surface area (Å²) in [7, 11) is 1.54. The second-order valence-corrected chi connectivity index (χ2v) is 8.50. The minimum atomic E-state index is -0.307. The molecule has 1 heterocycles. The van der Waals surface area contributed by atoms with Crippen molar-refractivity contribution in [2.24, 2.45) is 0 Å². The summed E-state index contributed by atoms with van der Waals surface area (Å²) in [5.74, 6) is -0.522. The summed E-state index contributed by atoms with van der Waals surface area (Å²) in [5.41, 5.74) is 2.57. The molecule has 168 valence electrons. The molecule has 6 nitrogen and oxygen atoms in total. The molecule has 0 spiro atoms. The number of carbonyl (C=O) groups is 2. The number of hydrogen-bond donors (Lipinski definition) is 3. The molecule has 0 aliphatic carbocycles. The van der Waals surface area contributed by atoms with Crippen LogP contribution in [0.2, 0.25) is 0 Å². The Morgan fingerprint density at radius 2 is 1.84 bits per heavy atom. The minimum Gasteiger partial charge on any atom is -0.507 e. The first-order chi connectivity index (χ1) is 15.4. The van der Waals surface area contributed by atoms with Gasteiger partial charge in [-0.1, -0.05) is 38.6 Å². The highest BCUT2D eigenvalue weighted by atomic mass is 32.1. The Morgan fingerprint density at radius 1 is 1.12 bits per heavy atom. The maximum Gasteiger partial charge on any atom is 0.256 e. The fourth-order valence-electron chi connectivity index (χ4n) is 3.67. The summed E-state index contributed by atoms with van der Waals surface area (Å²) in [6.45, 7) is 10.9. The van der Waals surface area contributed by atoms with E-state index in [2.05, 4.69) is 36.0 Å². The molecule has 0 unspecified atom stereocenters. The van der Waals surface area contributed by atoms with Gasteiger partial charge in [-0.05, 0) is 49.3 Å². The van der Waals surface area contributed by atoms with Gasteiger partial charge in [0.1, 0.15) is 10.8 Å². The Bertz CT molecular complexity index is 1140. The molecule has 0 saturated heterocycles. The van der Waals surface area contributed by atoms with Crippen molar-refractivity contribution in [3.05, 3.63) is 65.2 Å². The van der Waals surface area contributed by atoms with Crippen molar-refractivity contribution in [2.45, 2.75) is 26.8 Å². The zero-order valence-corrected chi connectivity index (χ0v) is 19.5. The largest absolute Gasteiger partial charge is 0.507 e. The molecule has 32 heavy (non-hydrogen) atoms. The van der Waals surface area contributed by atoms with E-state index in [9.17, 15) is 14.7 Å². The van der Waals surface area contributed by atoms with E-state index in [1.807, 2.05) is 12.1 Å². The lowest BCUT2D eigenvalue weighted by Gasteiger charge is -2.19. The first-order valence-electron chi connectivity index (χ1n) is 10.7. The standard InChI is InChI=1S/C25H29N3O3S/c1-5-14-28(7-3)15-16-8-10-17(11-9-16)23(30)27-25-21(24(31)26-4)19-12-13-20(29)18(6-2)22(19)32-25/h6,8-13,29H,2,5,7,14-15H2,1,3-4H3,(H,26,31)(H,27,30). The van der Waals surface area contributed by atoms with Gasteiger partial charge in [-0.25, -0.2) is 0 Å². The maximum absolute atomic E-state index is 13.0. The van der Waals surface area contributed by atoms with Gasteiger partial charge in [0.15, 0.2) is 0 Å². The van der Waals surface area contributed by atoms with E-state index < -0.39 is 0 Å². The van der Waals surface area contributed by atoms with Crippen molar-refractivity contribution in [1.29, 1.82) is 0 Å². The predicted octanol–water partition coefficient (Wildman–Crippen LogP) is 5.09.